The third-order valence-corrected chi connectivity index (χ3v) is 5.36. The number of rotatable bonds is 3. The monoisotopic (exact) mass is 345 g/mol. The molecule has 0 unspecified atom stereocenters. The molecule has 2 aromatic rings. The molecule has 128 valence electrons. The Hall–Kier alpha value is -2.08. The molecule has 3 rings (SSSR count). The topological polar surface area (TPSA) is 45.6 Å². The summed E-state index contributed by atoms with van der Waals surface area (Å²) in [6.45, 7) is 12.7. The van der Waals surface area contributed by atoms with Gasteiger partial charge in [-0.05, 0) is 26.0 Å². The van der Waals surface area contributed by atoms with Gasteiger partial charge in [0.2, 0.25) is 5.91 Å². The van der Waals surface area contributed by atoms with Gasteiger partial charge in [0.1, 0.15) is 5.69 Å². The van der Waals surface area contributed by atoms with Gasteiger partial charge in [0.25, 0.3) is 5.91 Å². The van der Waals surface area contributed by atoms with Crippen molar-refractivity contribution in [1.29, 1.82) is 0 Å². The van der Waals surface area contributed by atoms with Crippen molar-refractivity contribution in [2.75, 3.05) is 26.2 Å². The average molecular weight is 345 g/mol. The Balaban J connectivity index is 1.88. The molecular weight excluding hydrogens is 322 g/mol. The third kappa shape index (κ3) is 3.11. The Morgan fingerprint density at radius 2 is 1.75 bits per heavy atom. The number of thiophene rings is 1. The Morgan fingerprint density at radius 3 is 2.33 bits per heavy atom. The Bertz CT molecular complexity index is 810. The molecule has 0 radical (unpaired) electrons. The number of allylic oxidation sites excluding steroid dienone is 1. The van der Waals surface area contributed by atoms with Gasteiger partial charge in [0, 0.05) is 44.5 Å². The van der Waals surface area contributed by atoms with E-state index in [-0.39, 0.29) is 11.8 Å². The van der Waals surface area contributed by atoms with Gasteiger partial charge in [-0.2, -0.15) is 0 Å². The number of hydrogen-bond acceptors (Lipinski definition) is 3. The molecule has 3 heterocycles. The van der Waals surface area contributed by atoms with E-state index in [4.69, 9.17) is 0 Å². The molecule has 0 spiro atoms. The molecule has 0 aromatic carbocycles. The molecule has 2 aromatic heterocycles. The molecule has 0 saturated carbocycles. The molecular formula is C18H23N3O2S. The number of fused-ring (bicyclic) bond motifs is 1. The highest BCUT2D eigenvalue weighted by molar-refractivity contribution is 7.19. The largest absolute Gasteiger partial charge is 0.339 e. The second kappa shape index (κ2) is 6.43. The van der Waals surface area contributed by atoms with E-state index >= 15 is 0 Å². The molecule has 1 fully saturated rings. The molecule has 0 aliphatic carbocycles. The molecule has 0 bridgehead atoms. The van der Waals surface area contributed by atoms with E-state index in [2.05, 4.69) is 24.1 Å². The van der Waals surface area contributed by atoms with E-state index < -0.39 is 0 Å². The van der Waals surface area contributed by atoms with Gasteiger partial charge in [-0.25, -0.2) is 0 Å². The first-order chi connectivity index (χ1) is 11.4. The van der Waals surface area contributed by atoms with Crippen molar-refractivity contribution in [3.05, 3.63) is 34.9 Å². The van der Waals surface area contributed by atoms with Crippen LogP contribution in [0, 0.1) is 6.92 Å². The fourth-order valence-electron chi connectivity index (χ4n) is 3.17. The van der Waals surface area contributed by atoms with E-state index in [0.29, 0.717) is 32.7 Å². The summed E-state index contributed by atoms with van der Waals surface area (Å²) in [4.78, 5) is 29.3. The maximum atomic E-state index is 13.0. The highest BCUT2D eigenvalue weighted by Crippen LogP contribution is 2.30. The smallest absolute Gasteiger partial charge is 0.270 e. The van der Waals surface area contributed by atoms with Crippen molar-refractivity contribution in [2.24, 2.45) is 0 Å². The average Bonchev–Trinajstić information content (AvgIpc) is 3.04. The predicted molar refractivity (Wildman–Crippen MR) is 97.5 cm³/mol. The second-order valence-electron chi connectivity index (χ2n) is 6.48. The molecule has 5 nitrogen and oxygen atoms in total. The van der Waals surface area contributed by atoms with Crippen LogP contribution in [0.2, 0.25) is 0 Å². The lowest BCUT2D eigenvalue weighted by Gasteiger charge is -2.34. The highest BCUT2D eigenvalue weighted by Gasteiger charge is 2.26. The zero-order valence-electron chi connectivity index (χ0n) is 14.5. The van der Waals surface area contributed by atoms with Crippen molar-refractivity contribution < 1.29 is 9.59 Å². The molecule has 2 amide bonds. The zero-order chi connectivity index (χ0) is 17.4. The highest BCUT2D eigenvalue weighted by atomic mass is 32.1. The van der Waals surface area contributed by atoms with Gasteiger partial charge >= 0.3 is 0 Å². The minimum absolute atomic E-state index is 0.0421. The van der Waals surface area contributed by atoms with Crippen molar-refractivity contribution in [3.8, 4) is 0 Å². The lowest BCUT2D eigenvalue weighted by Crippen LogP contribution is -2.50. The van der Waals surface area contributed by atoms with Gasteiger partial charge in [0.15, 0.2) is 0 Å². The van der Waals surface area contributed by atoms with Crippen LogP contribution < -0.4 is 0 Å². The molecule has 0 N–H and O–H groups in total. The van der Waals surface area contributed by atoms with E-state index in [9.17, 15) is 9.59 Å². The number of carbonyl (C=O) groups excluding carboxylic acids is 2. The number of aryl methyl sites for hydroxylation is 1. The molecule has 24 heavy (non-hydrogen) atoms. The molecule has 1 saturated heterocycles. The number of hydrogen-bond donors (Lipinski definition) is 0. The van der Waals surface area contributed by atoms with Crippen molar-refractivity contribution in [3.63, 3.8) is 0 Å². The van der Waals surface area contributed by atoms with Gasteiger partial charge < -0.3 is 14.4 Å². The van der Waals surface area contributed by atoms with Crippen LogP contribution in [0.4, 0.5) is 0 Å². The number of aromatic nitrogens is 1. The van der Waals surface area contributed by atoms with Crippen LogP contribution in [-0.2, 0) is 11.3 Å². The van der Waals surface area contributed by atoms with E-state index in [1.807, 2.05) is 17.9 Å². The Kier molecular flexibility index (Phi) is 4.49. The number of carbonyl (C=O) groups is 2. The Morgan fingerprint density at radius 1 is 1.12 bits per heavy atom. The van der Waals surface area contributed by atoms with Gasteiger partial charge in [-0.1, -0.05) is 12.2 Å². The first kappa shape index (κ1) is 16.8. The standard InChI is InChI=1S/C18H23N3O2S/c1-12(2)11-21-15-9-13(3)24-17(15)10-16(21)18(23)20-7-5-19(6-8-20)14(4)22/h9-10H,1,5-8,11H2,2-4H3. The normalized spacial score (nSPS) is 15.1. The van der Waals surface area contributed by atoms with Gasteiger partial charge in [-0.3, -0.25) is 9.59 Å². The van der Waals surface area contributed by atoms with Crippen LogP contribution in [0.3, 0.4) is 0 Å². The lowest BCUT2D eigenvalue weighted by atomic mass is 10.2. The van der Waals surface area contributed by atoms with Gasteiger partial charge in [-0.15, -0.1) is 11.3 Å². The van der Waals surface area contributed by atoms with Gasteiger partial charge in [0.05, 0.1) is 10.2 Å². The zero-order valence-corrected chi connectivity index (χ0v) is 15.3. The maximum absolute atomic E-state index is 13.0. The summed E-state index contributed by atoms with van der Waals surface area (Å²) in [5.74, 6) is 0.115. The van der Waals surface area contributed by atoms with Crippen LogP contribution in [0.5, 0.6) is 0 Å². The number of piperazine rings is 1. The molecule has 1 aliphatic heterocycles. The summed E-state index contributed by atoms with van der Waals surface area (Å²) in [6.07, 6.45) is 0. The summed E-state index contributed by atoms with van der Waals surface area (Å²) in [6, 6.07) is 4.13. The Labute approximate surface area is 146 Å². The van der Waals surface area contributed by atoms with Crippen molar-refractivity contribution in [1.82, 2.24) is 14.4 Å². The fourth-order valence-corrected chi connectivity index (χ4v) is 4.13. The lowest BCUT2D eigenvalue weighted by molar-refractivity contribution is -0.130. The third-order valence-electron chi connectivity index (χ3n) is 4.37. The predicted octanol–water partition coefficient (Wildman–Crippen LogP) is 2.89. The first-order valence-electron chi connectivity index (χ1n) is 8.15. The maximum Gasteiger partial charge on any atom is 0.270 e. The van der Waals surface area contributed by atoms with Crippen molar-refractivity contribution in [2.45, 2.75) is 27.3 Å². The summed E-state index contributed by atoms with van der Waals surface area (Å²) < 4.78 is 3.21. The summed E-state index contributed by atoms with van der Waals surface area (Å²) >= 11 is 1.71. The minimum Gasteiger partial charge on any atom is -0.339 e. The fraction of sp³-hybridized carbons (Fsp3) is 0.444. The van der Waals surface area contributed by atoms with Crippen LogP contribution in [0.25, 0.3) is 10.2 Å². The van der Waals surface area contributed by atoms with Crippen LogP contribution in [-0.4, -0.2) is 52.4 Å². The van der Waals surface area contributed by atoms with E-state index in [0.717, 1.165) is 21.5 Å². The van der Waals surface area contributed by atoms with Crippen LogP contribution in [0.15, 0.2) is 24.3 Å². The summed E-state index contributed by atoms with van der Waals surface area (Å²) in [5, 5.41) is 0. The van der Waals surface area contributed by atoms with Crippen LogP contribution in [0.1, 0.15) is 29.2 Å². The SMILES string of the molecule is C=C(C)Cn1c(C(=O)N2CCN(C(C)=O)CC2)cc2sc(C)cc21. The summed E-state index contributed by atoms with van der Waals surface area (Å²) in [7, 11) is 0. The first-order valence-corrected chi connectivity index (χ1v) is 8.97. The van der Waals surface area contributed by atoms with E-state index in [1.165, 1.54) is 4.88 Å². The molecule has 0 atom stereocenters. The summed E-state index contributed by atoms with van der Waals surface area (Å²) in [5.41, 5.74) is 2.84. The van der Waals surface area contributed by atoms with Crippen molar-refractivity contribution >= 4 is 33.4 Å². The molecule has 1 aliphatic rings. The molecule has 6 heteroatoms. The van der Waals surface area contributed by atoms with E-state index in [1.54, 1.807) is 23.2 Å². The number of amides is 2. The van der Waals surface area contributed by atoms with Crippen LogP contribution >= 0.6 is 11.3 Å². The number of nitrogens with zero attached hydrogens (tertiary/aromatic N) is 3. The minimum atomic E-state index is 0.0421. The second-order valence-corrected chi connectivity index (χ2v) is 7.77. The quantitative estimate of drug-likeness (QED) is 0.803.